The van der Waals surface area contributed by atoms with Crippen molar-refractivity contribution in [3.8, 4) is 22.4 Å². The summed E-state index contributed by atoms with van der Waals surface area (Å²) in [6.07, 6.45) is 2.11. The average molecular weight is 378 g/mol. The van der Waals surface area contributed by atoms with E-state index in [0.717, 1.165) is 41.0 Å². The molecule has 1 aliphatic heterocycles. The Labute approximate surface area is 162 Å². The van der Waals surface area contributed by atoms with Gasteiger partial charge in [-0.15, -0.1) is 0 Å². The molecule has 4 rings (SSSR count). The standard InChI is InChI=1S/C23H20F2N2O/c24-18-7-3-16(4-8-18)20-11-12-21(17-5-9-19(25)10-6-17)26-22(20)13-15-27-14-1-2-23(27)28/h3-12H,1-2,13-15H2. The van der Waals surface area contributed by atoms with E-state index in [-0.39, 0.29) is 17.5 Å². The number of carbonyl (C=O) groups excluding carboxylic acids is 1. The van der Waals surface area contributed by atoms with Crippen LogP contribution in [-0.4, -0.2) is 28.9 Å². The van der Waals surface area contributed by atoms with Gasteiger partial charge in [0, 0.05) is 37.1 Å². The van der Waals surface area contributed by atoms with E-state index in [0.29, 0.717) is 19.4 Å². The molecule has 2 heterocycles. The monoisotopic (exact) mass is 378 g/mol. The smallest absolute Gasteiger partial charge is 0.222 e. The van der Waals surface area contributed by atoms with Crippen molar-refractivity contribution in [1.82, 2.24) is 9.88 Å². The second-order valence-electron chi connectivity index (χ2n) is 6.94. The van der Waals surface area contributed by atoms with Crippen molar-refractivity contribution in [2.45, 2.75) is 19.3 Å². The lowest BCUT2D eigenvalue weighted by Crippen LogP contribution is -2.27. The van der Waals surface area contributed by atoms with Crippen LogP contribution in [-0.2, 0) is 11.2 Å². The summed E-state index contributed by atoms with van der Waals surface area (Å²) < 4.78 is 26.6. The number of halogens is 2. The maximum Gasteiger partial charge on any atom is 0.222 e. The summed E-state index contributed by atoms with van der Waals surface area (Å²) in [5.74, 6) is -0.402. The topological polar surface area (TPSA) is 33.2 Å². The minimum atomic E-state index is -0.292. The molecule has 0 radical (unpaired) electrons. The first-order valence-corrected chi connectivity index (χ1v) is 9.40. The zero-order chi connectivity index (χ0) is 19.5. The maximum atomic E-state index is 13.3. The molecule has 3 nitrogen and oxygen atoms in total. The number of nitrogens with zero attached hydrogens (tertiary/aromatic N) is 2. The Balaban J connectivity index is 1.69. The highest BCUT2D eigenvalue weighted by atomic mass is 19.1. The van der Waals surface area contributed by atoms with Gasteiger partial charge < -0.3 is 4.90 Å². The summed E-state index contributed by atoms with van der Waals surface area (Å²) in [5, 5.41) is 0. The summed E-state index contributed by atoms with van der Waals surface area (Å²) >= 11 is 0. The summed E-state index contributed by atoms with van der Waals surface area (Å²) in [6.45, 7) is 1.38. The third-order valence-electron chi connectivity index (χ3n) is 5.06. The normalized spacial score (nSPS) is 13.9. The van der Waals surface area contributed by atoms with Crippen molar-refractivity contribution < 1.29 is 13.6 Å². The summed E-state index contributed by atoms with van der Waals surface area (Å²) in [4.78, 5) is 18.6. The van der Waals surface area contributed by atoms with Crippen molar-refractivity contribution in [2.75, 3.05) is 13.1 Å². The molecular formula is C23H20F2N2O. The van der Waals surface area contributed by atoms with E-state index in [1.165, 1.54) is 24.3 Å². The second kappa shape index (κ2) is 7.89. The van der Waals surface area contributed by atoms with Crippen LogP contribution in [0, 0.1) is 11.6 Å². The van der Waals surface area contributed by atoms with Gasteiger partial charge in [-0.25, -0.2) is 8.78 Å². The molecule has 1 amide bonds. The Morgan fingerprint density at radius 2 is 1.50 bits per heavy atom. The number of carbonyl (C=O) groups is 1. The Bertz CT molecular complexity index is 984. The van der Waals surface area contributed by atoms with Gasteiger partial charge in [0.2, 0.25) is 5.91 Å². The van der Waals surface area contributed by atoms with Crippen LogP contribution in [0.3, 0.4) is 0 Å². The highest BCUT2D eigenvalue weighted by molar-refractivity contribution is 5.78. The number of pyridine rings is 1. The number of aromatic nitrogens is 1. The zero-order valence-corrected chi connectivity index (χ0v) is 15.4. The fourth-order valence-corrected chi connectivity index (χ4v) is 3.55. The average Bonchev–Trinajstić information content (AvgIpc) is 3.12. The number of likely N-dealkylation sites (tertiary alicyclic amines) is 1. The van der Waals surface area contributed by atoms with E-state index >= 15 is 0 Å². The van der Waals surface area contributed by atoms with Gasteiger partial charge in [-0.1, -0.05) is 18.2 Å². The summed E-state index contributed by atoms with van der Waals surface area (Å²) in [7, 11) is 0. The van der Waals surface area contributed by atoms with Gasteiger partial charge in [0.15, 0.2) is 0 Å². The first-order valence-electron chi connectivity index (χ1n) is 9.40. The SMILES string of the molecule is O=C1CCCN1CCc1nc(-c2ccc(F)cc2)ccc1-c1ccc(F)cc1. The van der Waals surface area contributed by atoms with Crippen molar-refractivity contribution in [2.24, 2.45) is 0 Å². The lowest BCUT2D eigenvalue weighted by Gasteiger charge is -2.17. The van der Waals surface area contributed by atoms with Gasteiger partial charge >= 0.3 is 0 Å². The van der Waals surface area contributed by atoms with Crippen LogP contribution in [0.1, 0.15) is 18.5 Å². The van der Waals surface area contributed by atoms with Crippen LogP contribution in [0.2, 0.25) is 0 Å². The maximum absolute atomic E-state index is 13.3. The fourth-order valence-electron chi connectivity index (χ4n) is 3.55. The molecule has 142 valence electrons. The third kappa shape index (κ3) is 3.93. The second-order valence-corrected chi connectivity index (χ2v) is 6.94. The lowest BCUT2D eigenvalue weighted by atomic mass is 10.00. The predicted molar refractivity (Wildman–Crippen MR) is 105 cm³/mol. The number of hydrogen-bond donors (Lipinski definition) is 0. The molecule has 0 unspecified atom stereocenters. The predicted octanol–water partition coefficient (Wildman–Crippen LogP) is 4.86. The Morgan fingerprint density at radius 1 is 0.857 bits per heavy atom. The molecule has 5 heteroatoms. The summed E-state index contributed by atoms with van der Waals surface area (Å²) in [5.41, 5.74) is 4.20. The molecule has 2 aromatic carbocycles. The number of rotatable bonds is 5. The molecule has 3 aromatic rings. The molecule has 0 bridgehead atoms. The van der Waals surface area contributed by atoms with Crippen molar-refractivity contribution in [3.05, 3.63) is 78.0 Å². The molecular weight excluding hydrogens is 358 g/mol. The van der Waals surface area contributed by atoms with Crippen LogP contribution < -0.4 is 0 Å². The quantitative estimate of drug-likeness (QED) is 0.635. The van der Waals surface area contributed by atoms with Crippen molar-refractivity contribution in [1.29, 1.82) is 0 Å². The van der Waals surface area contributed by atoms with E-state index < -0.39 is 0 Å². The molecule has 1 aromatic heterocycles. The molecule has 0 atom stereocenters. The van der Waals surface area contributed by atoms with Crippen LogP contribution in [0.25, 0.3) is 22.4 Å². The number of hydrogen-bond acceptors (Lipinski definition) is 2. The minimum absolute atomic E-state index is 0.179. The van der Waals surface area contributed by atoms with E-state index in [9.17, 15) is 13.6 Å². The Morgan fingerprint density at radius 3 is 2.11 bits per heavy atom. The number of amides is 1. The van der Waals surface area contributed by atoms with Crippen LogP contribution in [0.4, 0.5) is 8.78 Å². The minimum Gasteiger partial charge on any atom is -0.342 e. The van der Waals surface area contributed by atoms with Gasteiger partial charge in [0.1, 0.15) is 11.6 Å². The molecule has 1 fully saturated rings. The van der Waals surface area contributed by atoms with Gasteiger partial charge in [0.25, 0.3) is 0 Å². The molecule has 28 heavy (non-hydrogen) atoms. The van der Waals surface area contributed by atoms with Gasteiger partial charge in [-0.2, -0.15) is 0 Å². The van der Waals surface area contributed by atoms with Gasteiger partial charge in [0.05, 0.1) is 11.4 Å². The zero-order valence-electron chi connectivity index (χ0n) is 15.4. The first-order chi connectivity index (χ1) is 13.6. The van der Waals surface area contributed by atoms with E-state index in [2.05, 4.69) is 0 Å². The van der Waals surface area contributed by atoms with E-state index in [4.69, 9.17) is 4.98 Å². The van der Waals surface area contributed by atoms with Gasteiger partial charge in [-0.3, -0.25) is 9.78 Å². The molecule has 0 N–H and O–H groups in total. The van der Waals surface area contributed by atoms with Crippen molar-refractivity contribution >= 4 is 5.91 Å². The van der Waals surface area contributed by atoms with Crippen LogP contribution in [0.5, 0.6) is 0 Å². The Hall–Kier alpha value is -3.08. The molecule has 1 aliphatic rings. The molecule has 0 aliphatic carbocycles. The lowest BCUT2D eigenvalue weighted by molar-refractivity contribution is -0.127. The highest BCUT2D eigenvalue weighted by Crippen LogP contribution is 2.27. The van der Waals surface area contributed by atoms with Gasteiger partial charge in [-0.05, 0) is 54.4 Å². The molecule has 0 spiro atoms. The molecule has 1 saturated heterocycles. The largest absolute Gasteiger partial charge is 0.342 e. The number of benzene rings is 2. The third-order valence-corrected chi connectivity index (χ3v) is 5.06. The van der Waals surface area contributed by atoms with Crippen LogP contribution in [0.15, 0.2) is 60.7 Å². The first kappa shape index (κ1) is 18.3. The van der Waals surface area contributed by atoms with Crippen molar-refractivity contribution in [3.63, 3.8) is 0 Å². The van der Waals surface area contributed by atoms with E-state index in [1.807, 2.05) is 17.0 Å². The molecule has 0 saturated carbocycles. The van der Waals surface area contributed by atoms with Crippen LogP contribution >= 0.6 is 0 Å². The Kier molecular flexibility index (Phi) is 5.15. The van der Waals surface area contributed by atoms with E-state index in [1.54, 1.807) is 24.3 Å². The fraction of sp³-hybridized carbons (Fsp3) is 0.217. The summed E-state index contributed by atoms with van der Waals surface area (Å²) in [6, 6.07) is 16.4. The highest BCUT2D eigenvalue weighted by Gasteiger charge is 2.20.